The number of ether oxygens (including phenoxy) is 1. The van der Waals surface area contributed by atoms with Crippen molar-refractivity contribution in [2.45, 2.75) is 38.6 Å². The third kappa shape index (κ3) is 3.25. The van der Waals surface area contributed by atoms with Gasteiger partial charge in [-0.05, 0) is 26.8 Å². The van der Waals surface area contributed by atoms with E-state index >= 15 is 0 Å². The minimum absolute atomic E-state index is 0.229. The fraction of sp³-hybridized carbons (Fsp3) is 0.444. The first kappa shape index (κ1) is 17.4. The second-order valence-corrected chi connectivity index (χ2v) is 7.26. The van der Waals surface area contributed by atoms with Crippen LogP contribution in [0.15, 0.2) is 34.9 Å². The number of carboxylic acids is 1. The molecule has 1 aromatic carbocycles. The molecule has 3 N–H and O–H groups in total. The molecule has 0 bridgehead atoms. The van der Waals surface area contributed by atoms with Crippen LogP contribution in [0, 0.1) is 5.92 Å². The molecule has 3 rings (SSSR count). The van der Waals surface area contributed by atoms with Crippen LogP contribution in [0.4, 0.5) is 0 Å². The van der Waals surface area contributed by atoms with Crippen molar-refractivity contribution in [3.63, 3.8) is 0 Å². The molecule has 0 amide bonds. The highest BCUT2D eigenvalue weighted by Gasteiger charge is 2.49. The molecule has 1 saturated heterocycles. The standard InChI is InChI=1S/C18H22N2O5/c1-18(2,3)25-17(23)11-8-20(15(11)19)14(16(21)22)12-9-24-13-7-5-4-6-10(12)13/h4-7,9,11,14-15H,8,19H2,1-3H3,(H,21,22)/t11-,14+,15+/m0/s1. The molecule has 0 radical (unpaired) electrons. The van der Waals surface area contributed by atoms with Crippen molar-refractivity contribution in [1.29, 1.82) is 0 Å². The Morgan fingerprint density at radius 2 is 2.04 bits per heavy atom. The normalized spacial score (nSPS) is 22.4. The molecule has 7 heteroatoms. The highest BCUT2D eigenvalue weighted by atomic mass is 16.6. The highest BCUT2D eigenvalue weighted by molar-refractivity contribution is 5.88. The highest BCUT2D eigenvalue weighted by Crippen LogP contribution is 2.37. The van der Waals surface area contributed by atoms with Crippen LogP contribution in [0.2, 0.25) is 0 Å². The second kappa shape index (κ2) is 6.16. The van der Waals surface area contributed by atoms with Crippen molar-refractivity contribution in [1.82, 2.24) is 4.90 Å². The zero-order valence-electron chi connectivity index (χ0n) is 14.4. The number of aliphatic carboxylic acids is 1. The minimum atomic E-state index is -1.04. The van der Waals surface area contributed by atoms with E-state index in [1.165, 1.54) is 6.26 Å². The number of rotatable bonds is 4. The van der Waals surface area contributed by atoms with Gasteiger partial charge in [0.15, 0.2) is 0 Å². The number of likely N-dealkylation sites (tertiary alicyclic amines) is 1. The van der Waals surface area contributed by atoms with Gasteiger partial charge in [0.1, 0.15) is 17.2 Å². The Labute approximate surface area is 145 Å². The van der Waals surface area contributed by atoms with E-state index in [0.29, 0.717) is 11.1 Å². The molecule has 0 aliphatic carbocycles. The Balaban J connectivity index is 1.82. The van der Waals surface area contributed by atoms with E-state index in [0.717, 1.165) is 5.39 Å². The summed E-state index contributed by atoms with van der Waals surface area (Å²) >= 11 is 0. The van der Waals surface area contributed by atoms with Crippen LogP contribution in [-0.4, -0.2) is 40.3 Å². The van der Waals surface area contributed by atoms with Crippen LogP contribution < -0.4 is 5.73 Å². The maximum absolute atomic E-state index is 12.2. The van der Waals surface area contributed by atoms with E-state index in [2.05, 4.69) is 0 Å². The summed E-state index contributed by atoms with van der Waals surface area (Å²) in [6, 6.07) is 6.24. The molecule has 0 saturated carbocycles. The second-order valence-electron chi connectivity index (χ2n) is 7.26. The number of carboxylic acid groups (broad SMARTS) is 1. The number of benzene rings is 1. The fourth-order valence-electron chi connectivity index (χ4n) is 3.08. The molecule has 3 atom stereocenters. The molecule has 2 aromatic rings. The topological polar surface area (TPSA) is 106 Å². The molecule has 0 spiro atoms. The summed E-state index contributed by atoms with van der Waals surface area (Å²) in [7, 11) is 0. The molecule has 1 aliphatic rings. The molecule has 2 heterocycles. The summed E-state index contributed by atoms with van der Waals surface area (Å²) in [6.45, 7) is 5.58. The Morgan fingerprint density at radius 1 is 1.36 bits per heavy atom. The van der Waals surface area contributed by atoms with Crippen molar-refractivity contribution in [3.05, 3.63) is 36.1 Å². The largest absolute Gasteiger partial charge is 0.480 e. The summed E-state index contributed by atoms with van der Waals surface area (Å²) in [5.74, 6) is -1.98. The number of nitrogens with zero attached hydrogens (tertiary/aromatic N) is 1. The smallest absolute Gasteiger partial charge is 0.325 e. The van der Waals surface area contributed by atoms with E-state index in [1.807, 2.05) is 12.1 Å². The Hall–Kier alpha value is -2.38. The van der Waals surface area contributed by atoms with Crippen molar-refractivity contribution in [3.8, 4) is 0 Å². The van der Waals surface area contributed by atoms with Gasteiger partial charge in [-0.15, -0.1) is 0 Å². The summed E-state index contributed by atoms with van der Waals surface area (Å²) in [6.07, 6.45) is 0.723. The first-order valence-electron chi connectivity index (χ1n) is 8.12. The monoisotopic (exact) mass is 346 g/mol. The summed E-state index contributed by atoms with van der Waals surface area (Å²) < 4.78 is 10.8. The van der Waals surface area contributed by atoms with Crippen molar-refractivity contribution >= 4 is 22.9 Å². The predicted octanol–water partition coefficient (Wildman–Crippen LogP) is 2.12. The molecule has 1 aliphatic heterocycles. The van der Waals surface area contributed by atoms with E-state index in [4.69, 9.17) is 14.9 Å². The number of para-hydroxylation sites is 1. The van der Waals surface area contributed by atoms with E-state index < -0.39 is 35.7 Å². The van der Waals surface area contributed by atoms with Crippen molar-refractivity contribution in [2.75, 3.05) is 6.54 Å². The van der Waals surface area contributed by atoms with Gasteiger partial charge in [-0.3, -0.25) is 14.5 Å². The lowest BCUT2D eigenvalue weighted by molar-refractivity contribution is -0.176. The Bertz CT molecular complexity index is 807. The van der Waals surface area contributed by atoms with Gasteiger partial charge in [-0.1, -0.05) is 18.2 Å². The third-order valence-electron chi connectivity index (χ3n) is 4.28. The van der Waals surface area contributed by atoms with Crippen LogP contribution in [-0.2, 0) is 14.3 Å². The number of fused-ring (bicyclic) bond motifs is 1. The molecular weight excluding hydrogens is 324 g/mol. The lowest BCUT2D eigenvalue weighted by Gasteiger charge is -2.47. The van der Waals surface area contributed by atoms with Crippen LogP contribution in [0.3, 0.4) is 0 Å². The first-order chi connectivity index (χ1) is 11.7. The van der Waals surface area contributed by atoms with Gasteiger partial charge in [0.25, 0.3) is 0 Å². The fourth-order valence-corrected chi connectivity index (χ4v) is 3.08. The number of carbonyl (C=O) groups is 2. The van der Waals surface area contributed by atoms with Crippen LogP contribution in [0.25, 0.3) is 11.0 Å². The van der Waals surface area contributed by atoms with Gasteiger partial charge in [-0.25, -0.2) is 0 Å². The number of nitrogens with two attached hydrogens (primary N) is 1. The Morgan fingerprint density at radius 3 is 2.64 bits per heavy atom. The van der Waals surface area contributed by atoms with Crippen molar-refractivity contribution in [2.24, 2.45) is 11.7 Å². The SMILES string of the molecule is CC(C)(C)OC(=O)[C@H]1CN([C@@H](C(=O)O)c2coc3ccccc23)[C@H]1N. The summed E-state index contributed by atoms with van der Waals surface area (Å²) in [5.41, 5.74) is 6.64. The van der Waals surface area contributed by atoms with Gasteiger partial charge in [0, 0.05) is 17.5 Å². The maximum Gasteiger partial charge on any atom is 0.325 e. The molecule has 1 aromatic heterocycles. The molecule has 134 valence electrons. The number of hydrogen-bond donors (Lipinski definition) is 2. The quantitative estimate of drug-likeness (QED) is 0.817. The van der Waals surface area contributed by atoms with E-state index in [1.54, 1.807) is 37.8 Å². The molecule has 25 heavy (non-hydrogen) atoms. The lowest BCUT2D eigenvalue weighted by atomic mass is 9.90. The number of furan rings is 1. The van der Waals surface area contributed by atoms with Crippen LogP contribution in [0.1, 0.15) is 32.4 Å². The summed E-state index contributed by atoms with van der Waals surface area (Å²) in [4.78, 5) is 25.6. The van der Waals surface area contributed by atoms with E-state index in [-0.39, 0.29) is 6.54 Å². The zero-order chi connectivity index (χ0) is 18.4. The van der Waals surface area contributed by atoms with Gasteiger partial charge in [-0.2, -0.15) is 0 Å². The average molecular weight is 346 g/mol. The van der Waals surface area contributed by atoms with Crippen LogP contribution >= 0.6 is 0 Å². The molecule has 1 fully saturated rings. The van der Waals surface area contributed by atoms with Gasteiger partial charge < -0.3 is 20.0 Å². The first-order valence-corrected chi connectivity index (χ1v) is 8.12. The predicted molar refractivity (Wildman–Crippen MR) is 90.6 cm³/mol. The van der Waals surface area contributed by atoms with Crippen LogP contribution in [0.5, 0.6) is 0 Å². The van der Waals surface area contributed by atoms with E-state index in [9.17, 15) is 14.7 Å². The van der Waals surface area contributed by atoms with Gasteiger partial charge in [0.2, 0.25) is 0 Å². The van der Waals surface area contributed by atoms with Crippen molar-refractivity contribution < 1.29 is 23.8 Å². The molecule has 7 nitrogen and oxygen atoms in total. The molecular formula is C18H22N2O5. The molecule has 0 unspecified atom stereocenters. The Kier molecular flexibility index (Phi) is 4.30. The average Bonchev–Trinajstić information content (AvgIpc) is 2.92. The zero-order valence-corrected chi connectivity index (χ0v) is 14.4. The number of carbonyl (C=O) groups excluding carboxylic acids is 1. The summed E-state index contributed by atoms with van der Waals surface area (Å²) in [5, 5.41) is 10.4. The maximum atomic E-state index is 12.2. The number of hydrogen-bond acceptors (Lipinski definition) is 6. The third-order valence-corrected chi connectivity index (χ3v) is 4.28. The minimum Gasteiger partial charge on any atom is -0.480 e. The van der Waals surface area contributed by atoms with Gasteiger partial charge >= 0.3 is 11.9 Å². The van der Waals surface area contributed by atoms with Gasteiger partial charge in [0.05, 0.1) is 18.3 Å². The number of esters is 1. The lowest BCUT2D eigenvalue weighted by Crippen LogP contribution is -2.66.